The summed E-state index contributed by atoms with van der Waals surface area (Å²) in [4.78, 5) is 12.0. The van der Waals surface area contributed by atoms with Crippen molar-refractivity contribution in [3.63, 3.8) is 0 Å². The molecule has 0 bridgehead atoms. The number of alkyl halides is 1. The molecule has 1 aromatic rings. The lowest BCUT2D eigenvalue weighted by molar-refractivity contribution is -0.167. The number of hydrogen-bond acceptors (Lipinski definition) is 3. The standard InChI is InChI=1S/C15H21FO3/c1-2-19-14(17)15(18,11-7-4-8-12-16)13-9-5-3-6-10-13/h3,5-6,9-10,18H,2,4,7-8,11-12H2,1H3/t15-/m1/s1/i16-1. The fourth-order valence-electron chi connectivity index (χ4n) is 1.98. The number of ether oxygens (including phenoxy) is 1. The smallest absolute Gasteiger partial charge is 0.342 e. The highest BCUT2D eigenvalue weighted by Gasteiger charge is 2.38. The molecule has 0 aromatic heterocycles. The summed E-state index contributed by atoms with van der Waals surface area (Å²) in [5.41, 5.74) is -1.11. The third-order valence-electron chi connectivity index (χ3n) is 3.04. The summed E-state index contributed by atoms with van der Waals surface area (Å²) in [6, 6.07) is 8.75. The van der Waals surface area contributed by atoms with Gasteiger partial charge in [0.25, 0.3) is 0 Å². The van der Waals surface area contributed by atoms with Crippen molar-refractivity contribution < 1.29 is 19.0 Å². The van der Waals surface area contributed by atoms with Crippen molar-refractivity contribution in [2.45, 2.75) is 38.2 Å². The van der Waals surface area contributed by atoms with Crippen LogP contribution in [0.2, 0.25) is 0 Å². The SMILES string of the molecule is CCOC(=O)[C@@](O)(CCCCC[18F])c1ccccc1. The molecule has 0 aliphatic carbocycles. The first-order chi connectivity index (χ1) is 9.15. The fourth-order valence-corrected chi connectivity index (χ4v) is 1.98. The number of rotatable bonds is 8. The van der Waals surface area contributed by atoms with Gasteiger partial charge in [0.1, 0.15) is 0 Å². The highest BCUT2D eigenvalue weighted by Crippen LogP contribution is 2.29. The van der Waals surface area contributed by atoms with Gasteiger partial charge in [-0.05, 0) is 31.7 Å². The maximum absolute atomic E-state index is 12.1. The monoisotopic (exact) mass is 267 g/mol. The summed E-state index contributed by atoms with van der Waals surface area (Å²) in [7, 11) is 0. The van der Waals surface area contributed by atoms with Crippen LogP contribution < -0.4 is 0 Å². The minimum atomic E-state index is -1.63. The second-order valence-corrected chi connectivity index (χ2v) is 4.45. The van der Waals surface area contributed by atoms with Crippen molar-refractivity contribution in [1.82, 2.24) is 0 Å². The Morgan fingerprint density at radius 1 is 1.26 bits per heavy atom. The lowest BCUT2D eigenvalue weighted by Crippen LogP contribution is -2.37. The first-order valence-electron chi connectivity index (χ1n) is 6.66. The van der Waals surface area contributed by atoms with E-state index in [4.69, 9.17) is 4.74 Å². The van der Waals surface area contributed by atoms with Gasteiger partial charge in [0.15, 0.2) is 5.60 Å². The largest absolute Gasteiger partial charge is 0.464 e. The molecule has 0 aliphatic heterocycles. The normalized spacial score (nSPS) is 13.8. The molecule has 4 heteroatoms. The van der Waals surface area contributed by atoms with Gasteiger partial charge in [-0.25, -0.2) is 4.79 Å². The number of esters is 1. The van der Waals surface area contributed by atoms with Crippen LogP contribution in [0.5, 0.6) is 0 Å². The zero-order valence-electron chi connectivity index (χ0n) is 11.3. The molecule has 0 heterocycles. The van der Waals surface area contributed by atoms with Crippen molar-refractivity contribution in [3.05, 3.63) is 35.9 Å². The van der Waals surface area contributed by atoms with E-state index in [9.17, 15) is 14.3 Å². The Labute approximate surface area is 113 Å². The number of hydrogen-bond donors (Lipinski definition) is 1. The van der Waals surface area contributed by atoms with E-state index in [0.717, 1.165) is 0 Å². The Morgan fingerprint density at radius 2 is 1.95 bits per heavy atom. The first-order valence-corrected chi connectivity index (χ1v) is 6.66. The molecule has 106 valence electrons. The lowest BCUT2D eigenvalue weighted by atomic mass is 9.88. The van der Waals surface area contributed by atoms with Gasteiger partial charge in [0.2, 0.25) is 0 Å². The molecule has 1 atom stereocenters. The molecule has 19 heavy (non-hydrogen) atoms. The minimum absolute atomic E-state index is 0.221. The Hall–Kier alpha value is -1.42. The highest BCUT2D eigenvalue weighted by atomic mass is 18.2. The number of carbonyl (C=O) groups is 1. The minimum Gasteiger partial charge on any atom is -0.464 e. The van der Waals surface area contributed by atoms with Gasteiger partial charge < -0.3 is 9.84 Å². The summed E-state index contributed by atoms with van der Waals surface area (Å²) in [6.45, 7) is 1.55. The van der Waals surface area contributed by atoms with Crippen molar-refractivity contribution in [2.24, 2.45) is 0 Å². The molecule has 1 N–H and O–H groups in total. The second kappa shape index (κ2) is 7.89. The van der Waals surface area contributed by atoms with E-state index >= 15 is 0 Å². The zero-order valence-corrected chi connectivity index (χ0v) is 11.3. The van der Waals surface area contributed by atoms with Crippen LogP contribution in [0.3, 0.4) is 0 Å². The van der Waals surface area contributed by atoms with Gasteiger partial charge in [-0.15, -0.1) is 0 Å². The average molecular weight is 267 g/mol. The van der Waals surface area contributed by atoms with Crippen LogP contribution in [0.1, 0.15) is 38.2 Å². The van der Waals surface area contributed by atoms with Crippen molar-refractivity contribution >= 4 is 5.97 Å². The third-order valence-corrected chi connectivity index (χ3v) is 3.04. The van der Waals surface area contributed by atoms with Crippen molar-refractivity contribution in [3.8, 4) is 0 Å². The van der Waals surface area contributed by atoms with E-state index in [1.807, 2.05) is 6.07 Å². The van der Waals surface area contributed by atoms with Crippen LogP contribution in [0.25, 0.3) is 0 Å². The van der Waals surface area contributed by atoms with E-state index in [-0.39, 0.29) is 19.7 Å². The summed E-state index contributed by atoms with van der Waals surface area (Å²) in [6.07, 6.45) is 1.92. The average Bonchev–Trinajstić information content (AvgIpc) is 2.44. The summed E-state index contributed by atoms with van der Waals surface area (Å²) < 4.78 is 17.0. The molecule has 0 amide bonds. The lowest BCUT2D eigenvalue weighted by Gasteiger charge is -2.26. The van der Waals surface area contributed by atoms with Crippen LogP contribution in [-0.4, -0.2) is 24.4 Å². The molecule has 0 aliphatic rings. The van der Waals surface area contributed by atoms with Gasteiger partial charge in [-0.1, -0.05) is 36.8 Å². The molecule has 0 saturated heterocycles. The predicted molar refractivity (Wildman–Crippen MR) is 71.4 cm³/mol. The van der Waals surface area contributed by atoms with E-state index in [1.54, 1.807) is 31.2 Å². The first kappa shape index (κ1) is 15.6. The number of unbranched alkanes of at least 4 members (excludes halogenated alkanes) is 2. The van der Waals surface area contributed by atoms with Crippen LogP contribution in [-0.2, 0) is 15.1 Å². The topological polar surface area (TPSA) is 46.5 Å². The van der Waals surface area contributed by atoms with Crippen molar-refractivity contribution in [2.75, 3.05) is 13.3 Å². The molecule has 0 fully saturated rings. The number of benzene rings is 1. The third kappa shape index (κ3) is 4.31. The zero-order chi connectivity index (χ0) is 14.1. The maximum atomic E-state index is 12.1. The number of carbonyl (C=O) groups excluding carboxylic acids is 1. The van der Waals surface area contributed by atoms with Gasteiger partial charge in [0, 0.05) is 0 Å². The maximum Gasteiger partial charge on any atom is 0.342 e. The number of halogens is 1. The van der Waals surface area contributed by atoms with E-state index < -0.39 is 11.6 Å². The van der Waals surface area contributed by atoms with Gasteiger partial charge in [-0.3, -0.25) is 4.39 Å². The van der Waals surface area contributed by atoms with E-state index in [1.165, 1.54) is 0 Å². The summed E-state index contributed by atoms with van der Waals surface area (Å²) in [5, 5.41) is 10.6. The molecule has 0 saturated carbocycles. The summed E-state index contributed by atoms with van der Waals surface area (Å²) in [5.74, 6) is -0.638. The molecular formula is C15H21FO3. The molecule has 0 unspecified atom stereocenters. The summed E-state index contributed by atoms with van der Waals surface area (Å²) >= 11 is 0. The van der Waals surface area contributed by atoms with Crippen LogP contribution in [0.15, 0.2) is 30.3 Å². The molecule has 1 rings (SSSR count). The van der Waals surface area contributed by atoms with Crippen LogP contribution in [0.4, 0.5) is 4.39 Å². The van der Waals surface area contributed by atoms with Crippen LogP contribution >= 0.6 is 0 Å². The second-order valence-electron chi connectivity index (χ2n) is 4.45. The van der Waals surface area contributed by atoms with Crippen LogP contribution in [0, 0.1) is 0 Å². The van der Waals surface area contributed by atoms with Gasteiger partial charge in [0.05, 0.1) is 13.3 Å². The molecular weight excluding hydrogens is 246 g/mol. The van der Waals surface area contributed by atoms with E-state index in [2.05, 4.69) is 0 Å². The molecule has 0 spiro atoms. The quantitative estimate of drug-likeness (QED) is 0.582. The van der Waals surface area contributed by atoms with Gasteiger partial charge in [-0.2, -0.15) is 0 Å². The van der Waals surface area contributed by atoms with Crippen molar-refractivity contribution in [1.29, 1.82) is 0 Å². The van der Waals surface area contributed by atoms with Gasteiger partial charge >= 0.3 is 5.97 Å². The molecule has 1 aromatic carbocycles. The highest BCUT2D eigenvalue weighted by molar-refractivity contribution is 5.81. The van der Waals surface area contributed by atoms with E-state index in [0.29, 0.717) is 24.8 Å². The molecule has 0 radical (unpaired) electrons. The molecule has 3 nitrogen and oxygen atoms in total. The Morgan fingerprint density at radius 3 is 2.53 bits per heavy atom. The number of aliphatic hydroxyl groups is 1. The Balaban J connectivity index is 2.81. The fraction of sp³-hybridized carbons (Fsp3) is 0.533. The Kier molecular flexibility index (Phi) is 6.50. The Bertz CT molecular complexity index is 380. The predicted octanol–water partition coefficient (Wildman–Crippen LogP) is 2.97.